The molecule has 0 saturated carbocycles. The molecule has 0 amide bonds. The van der Waals surface area contributed by atoms with Gasteiger partial charge in [0.1, 0.15) is 5.82 Å². The quantitative estimate of drug-likeness (QED) is 0.826. The number of hydrogen-bond acceptors (Lipinski definition) is 3. The van der Waals surface area contributed by atoms with Gasteiger partial charge in [0, 0.05) is 37.5 Å². The highest BCUT2D eigenvalue weighted by atomic mass is 19.1. The number of rotatable bonds is 7. The van der Waals surface area contributed by atoms with Crippen molar-refractivity contribution in [2.75, 3.05) is 31.7 Å². The summed E-state index contributed by atoms with van der Waals surface area (Å²) in [6.45, 7) is 8.30. The number of nitrogens with two attached hydrogens (primary N) is 1. The van der Waals surface area contributed by atoms with Crippen LogP contribution in [0.25, 0.3) is 0 Å². The summed E-state index contributed by atoms with van der Waals surface area (Å²) in [5, 5.41) is 0. The first-order valence-electron chi connectivity index (χ1n) is 6.75. The minimum atomic E-state index is -0.326. The van der Waals surface area contributed by atoms with Crippen molar-refractivity contribution in [1.82, 2.24) is 0 Å². The van der Waals surface area contributed by atoms with E-state index >= 15 is 0 Å². The van der Waals surface area contributed by atoms with Crippen molar-refractivity contribution < 1.29 is 9.13 Å². The molecule has 0 aliphatic rings. The van der Waals surface area contributed by atoms with Gasteiger partial charge in [-0.15, -0.1) is 0 Å². The van der Waals surface area contributed by atoms with Crippen LogP contribution in [-0.4, -0.2) is 26.8 Å². The van der Waals surface area contributed by atoms with E-state index in [1.165, 1.54) is 6.07 Å². The van der Waals surface area contributed by atoms with E-state index in [0.29, 0.717) is 18.1 Å². The summed E-state index contributed by atoms with van der Waals surface area (Å²) in [6.07, 6.45) is 0. The fourth-order valence-electron chi connectivity index (χ4n) is 2.20. The van der Waals surface area contributed by atoms with Crippen molar-refractivity contribution in [2.24, 2.45) is 11.7 Å². The molecule has 0 unspecified atom stereocenters. The number of nitrogens with zero attached hydrogens (tertiary/aromatic N) is 1. The summed E-state index contributed by atoms with van der Waals surface area (Å²) in [6, 6.07) is 4.80. The highest BCUT2D eigenvalue weighted by molar-refractivity contribution is 5.55. The van der Waals surface area contributed by atoms with E-state index in [9.17, 15) is 4.39 Å². The summed E-state index contributed by atoms with van der Waals surface area (Å²) in [7, 11) is 1.67. The lowest BCUT2D eigenvalue weighted by molar-refractivity contribution is 0.204. The van der Waals surface area contributed by atoms with Gasteiger partial charge in [-0.1, -0.05) is 19.9 Å². The number of ether oxygens (including phenoxy) is 1. The van der Waals surface area contributed by atoms with Crippen LogP contribution in [0.5, 0.6) is 0 Å². The lowest BCUT2D eigenvalue weighted by Crippen LogP contribution is -2.32. The van der Waals surface area contributed by atoms with Crippen molar-refractivity contribution in [3.05, 3.63) is 29.6 Å². The Morgan fingerprint density at radius 3 is 2.53 bits per heavy atom. The van der Waals surface area contributed by atoms with Gasteiger partial charge in [0.05, 0.1) is 6.61 Å². The predicted octanol–water partition coefficient (Wildman–Crippen LogP) is 2.95. The van der Waals surface area contributed by atoms with E-state index in [0.717, 1.165) is 18.8 Å². The average Bonchev–Trinajstić information content (AvgIpc) is 2.33. The number of benzene rings is 1. The van der Waals surface area contributed by atoms with Gasteiger partial charge in [0.2, 0.25) is 0 Å². The summed E-state index contributed by atoms with van der Waals surface area (Å²) >= 11 is 0. The molecule has 1 atom stereocenters. The Hall–Kier alpha value is -1.13. The van der Waals surface area contributed by atoms with Crippen LogP contribution in [0.4, 0.5) is 10.1 Å². The van der Waals surface area contributed by atoms with Crippen LogP contribution in [0.3, 0.4) is 0 Å². The van der Waals surface area contributed by atoms with Crippen molar-refractivity contribution in [1.29, 1.82) is 0 Å². The Balaban J connectivity index is 3.09. The fourth-order valence-corrected chi connectivity index (χ4v) is 2.20. The van der Waals surface area contributed by atoms with Gasteiger partial charge in [-0.3, -0.25) is 0 Å². The summed E-state index contributed by atoms with van der Waals surface area (Å²) in [4.78, 5) is 2.15. The molecule has 0 radical (unpaired) electrons. The molecule has 0 bridgehead atoms. The van der Waals surface area contributed by atoms with Gasteiger partial charge in [0.15, 0.2) is 0 Å². The topological polar surface area (TPSA) is 38.5 Å². The van der Waals surface area contributed by atoms with Crippen LogP contribution >= 0.6 is 0 Å². The van der Waals surface area contributed by atoms with Crippen LogP contribution in [0.1, 0.15) is 32.4 Å². The smallest absolute Gasteiger partial charge is 0.130 e. The van der Waals surface area contributed by atoms with Crippen molar-refractivity contribution in [3.63, 3.8) is 0 Å². The molecule has 4 heteroatoms. The lowest BCUT2D eigenvalue weighted by atomic mass is 10.0. The maximum Gasteiger partial charge on any atom is 0.130 e. The van der Waals surface area contributed by atoms with E-state index in [1.807, 2.05) is 13.0 Å². The molecule has 0 saturated heterocycles. The van der Waals surface area contributed by atoms with E-state index in [4.69, 9.17) is 10.5 Å². The van der Waals surface area contributed by atoms with E-state index < -0.39 is 0 Å². The number of methoxy groups -OCH3 is 1. The molecular formula is C15H25FN2O. The van der Waals surface area contributed by atoms with Gasteiger partial charge >= 0.3 is 0 Å². The Bertz CT molecular complexity index is 394. The van der Waals surface area contributed by atoms with Crippen molar-refractivity contribution in [2.45, 2.75) is 26.8 Å². The van der Waals surface area contributed by atoms with Gasteiger partial charge in [-0.05, 0) is 25.0 Å². The zero-order chi connectivity index (χ0) is 14.4. The maximum atomic E-state index is 14.0. The Morgan fingerprint density at radius 2 is 2.00 bits per heavy atom. The van der Waals surface area contributed by atoms with Crippen LogP contribution in [0.15, 0.2) is 18.2 Å². The zero-order valence-electron chi connectivity index (χ0n) is 12.3. The molecule has 0 heterocycles. The molecule has 1 aromatic rings. The Morgan fingerprint density at radius 1 is 1.32 bits per heavy atom. The van der Waals surface area contributed by atoms with E-state index in [-0.39, 0.29) is 11.9 Å². The molecule has 0 aliphatic heterocycles. The second-order valence-corrected chi connectivity index (χ2v) is 5.29. The Labute approximate surface area is 115 Å². The highest BCUT2D eigenvalue weighted by Crippen LogP contribution is 2.28. The van der Waals surface area contributed by atoms with Gasteiger partial charge in [0.25, 0.3) is 0 Å². The minimum absolute atomic E-state index is 0.237. The molecule has 0 aliphatic carbocycles. The van der Waals surface area contributed by atoms with Crippen molar-refractivity contribution >= 4 is 5.69 Å². The van der Waals surface area contributed by atoms with E-state index in [1.54, 1.807) is 13.2 Å². The maximum absolute atomic E-state index is 14.0. The molecule has 108 valence electrons. The van der Waals surface area contributed by atoms with Gasteiger partial charge < -0.3 is 15.4 Å². The number of anilines is 1. The molecule has 3 nitrogen and oxygen atoms in total. The average molecular weight is 268 g/mol. The van der Waals surface area contributed by atoms with Crippen LogP contribution in [-0.2, 0) is 4.74 Å². The monoisotopic (exact) mass is 268 g/mol. The largest absolute Gasteiger partial charge is 0.383 e. The minimum Gasteiger partial charge on any atom is -0.383 e. The SMILES string of the molecule is COCCN(CC(C)C)c1cccc(F)c1[C@@H](C)N. The standard InChI is InChI=1S/C15H25FN2O/c1-11(2)10-18(8-9-19-4)14-7-5-6-13(16)15(14)12(3)17/h5-7,11-12H,8-10,17H2,1-4H3/t12-/m1/s1. The number of hydrogen-bond donors (Lipinski definition) is 1. The first-order valence-corrected chi connectivity index (χ1v) is 6.75. The molecule has 1 rings (SSSR count). The van der Waals surface area contributed by atoms with Crippen LogP contribution < -0.4 is 10.6 Å². The third-order valence-corrected chi connectivity index (χ3v) is 2.98. The zero-order valence-corrected chi connectivity index (χ0v) is 12.3. The molecule has 19 heavy (non-hydrogen) atoms. The second kappa shape index (κ2) is 7.46. The molecule has 1 aromatic carbocycles. The molecular weight excluding hydrogens is 243 g/mol. The lowest BCUT2D eigenvalue weighted by Gasteiger charge is -2.29. The third kappa shape index (κ3) is 4.48. The first kappa shape index (κ1) is 15.9. The summed E-state index contributed by atoms with van der Waals surface area (Å²) in [5.41, 5.74) is 7.37. The highest BCUT2D eigenvalue weighted by Gasteiger charge is 2.18. The fraction of sp³-hybridized carbons (Fsp3) is 0.600. The molecule has 0 fully saturated rings. The predicted molar refractivity (Wildman–Crippen MR) is 77.9 cm³/mol. The molecule has 0 aromatic heterocycles. The Kier molecular flexibility index (Phi) is 6.25. The second-order valence-electron chi connectivity index (χ2n) is 5.29. The van der Waals surface area contributed by atoms with Crippen LogP contribution in [0.2, 0.25) is 0 Å². The van der Waals surface area contributed by atoms with Gasteiger partial charge in [-0.2, -0.15) is 0 Å². The molecule has 0 spiro atoms. The first-order chi connectivity index (χ1) is 8.97. The van der Waals surface area contributed by atoms with Crippen LogP contribution in [0, 0.1) is 11.7 Å². The number of halogens is 1. The van der Waals surface area contributed by atoms with E-state index in [2.05, 4.69) is 18.7 Å². The summed E-state index contributed by atoms with van der Waals surface area (Å²) in [5.74, 6) is 0.250. The van der Waals surface area contributed by atoms with Gasteiger partial charge in [-0.25, -0.2) is 4.39 Å². The third-order valence-electron chi connectivity index (χ3n) is 2.98. The summed E-state index contributed by atoms with van der Waals surface area (Å²) < 4.78 is 19.1. The normalized spacial score (nSPS) is 12.8. The van der Waals surface area contributed by atoms with Crippen molar-refractivity contribution in [3.8, 4) is 0 Å². The molecule has 2 N–H and O–H groups in total.